The molecule has 0 saturated carbocycles. The molecule has 2 unspecified atom stereocenters. The first-order valence-electron chi connectivity index (χ1n) is 5.64. The molecule has 6 nitrogen and oxygen atoms in total. The molecular weight excluding hydrogens is 208 g/mol. The average Bonchev–Trinajstić information content (AvgIpc) is 2.59. The Morgan fingerprint density at radius 2 is 2.56 bits per heavy atom. The Morgan fingerprint density at radius 1 is 1.75 bits per heavy atom. The summed E-state index contributed by atoms with van der Waals surface area (Å²) >= 11 is 0. The van der Waals surface area contributed by atoms with Crippen molar-refractivity contribution in [2.24, 2.45) is 10.7 Å². The third-order valence-corrected chi connectivity index (χ3v) is 3.33. The number of rotatable bonds is 1. The van der Waals surface area contributed by atoms with Crippen molar-refractivity contribution < 1.29 is 9.53 Å². The summed E-state index contributed by atoms with van der Waals surface area (Å²) in [6, 6.07) is 0. The molecule has 2 aliphatic heterocycles. The number of amides is 1. The minimum atomic E-state index is -0.335. The Bertz CT molecular complexity index is 307. The second kappa shape index (κ2) is 4.29. The highest BCUT2D eigenvalue weighted by Gasteiger charge is 2.47. The molecule has 0 bridgehead atoms. The van der Waals surface area contributed by atoms with Crippen LogP contribution in [0, 0.1) is 0 Å². The van der Waals surface area contributed by atoms with Crippen LogP contribution in [0.5, 0.6) is 0 Å². The average molecular weight is 226 g/mol. The minimum absolute atomic E-state index is 0.214. The summed E-state index contributed by atoms with van der Waals surface area (Å²) in [4.78, 5) is 17.3. The Hall–Kier alpha value is -1.30. The molecule has 1 amide bonds. The Balaban J connectivity index is 2.06. The third kappa shape index (κ3) is 1.73. The summed E-state index contributed by atoms with van der Waals surface area (Å²) in [7, 11) is 0. The number of aliphatic imine (C=N–C) groups is 1. The van der Waals surface area contributed by atoms with E-state index in [1.165, 1.54) is 0 Å². The maximum Gasteiger partial charge on any atom is 0.411 e. The van der Waals surface area contributed by atoms with Crippen LogP contribution in [0.3, 0.4) is 0 Å². The molecule has 2 heterocycles. The molecule has 6 heteroatoms. The van der Waals surface area contributed by atoms with E-state index in [4.69, 9.17) is 10.5 Å². The van der Waals surface area contributed by atoms with E-state index in [-0.39, 0.29) is 17.8 Å². The highest BCUT2D eigenvalue weighted by atomic mass is 16.6. The fourth-order valence-corrected chi connectivity index (χ4v) is 2.32. The highest BCUT2D eigenvalue weighted by molar-refractivity contribution is 5.69. The summed E-state index contributed by atoms with van der Waals surface area (Å²) in [6.07, 6.45) is 2.74. The lowest BCUT2D eigenvalue weighted by Gasteiger charge is -2.36. The molecule has 16 heavy (non-hydrogen) atoms. The lowest BCUT2D eigenvalue weighted by molar-refractivity contribution is 0.0947. The van der Waals surface area contributed by atoms with Crippen LogP contribution in [0.1, 0.15) is 19.8 Å². The van der Waals surface area contributed by atoms with E-state index < -0.39 is 0 Å². The van der Waals surface area contributed by atoms with E-state index in [0.717, 1.165) is 19.4 Å². The number of nitrogens with two attached hydrogens (primary N) is 1. The van der Waals surface area contributed by atoms with Crippen molar-refractivity contribution in [1.82, 2.24) is 10.2 Å². The van der Waals surface area contributed by atoms with E-state index in [0.29, 0.717) is 13.2 Å². The van der Waals surface area contributed by atoms with Gasteiger partial charge in [-0.3, -0.25) is 9.89 Å². The second-order valence-corrected chi connectivity index (χ2v) is 4.17. The first-order chi connectivity index (χ1) is 7.69. The quantitative estimate of drug-likeness (QED) is 0.654. The van der Waals surface area contributed by atoms with Gasteiger partial charge in [0.1, 0.15) is 6.17 Å². The molecule has 0 aliphatic carbocycles. The van der Waals surface area contributed by atoms with Crippen molar-refractivity contribution in [3.63, 3.8) is 0 Å². The van der Waals surface area contributed by atoms with E-state index in [1.54, 1.807) is 18.2 Å². The van der Waals surface area contributed by atoms with Crippen molar-refractivity contribution >= 4 is 12.4 Å². The van der Waals surface area contributed by atoms with E-state index in [2.05, 4.69) is 10.3 Å². The van der Waals surface area contributed by atoms with Crippen molar-refractivity contribution in [2.75, 3.05) is 19.7 Å². The van der Waals surface area contributed by atoms with E-state index in [1.807, 2.05) is 0 Å². The van der Waals surface area contributed by atoms with Crippen LogP contribution in [0.4, 0.5) is 4.79 Å². The topological polar surface area (TPSA) is 80.0 Å². The summed E-state index contributed by atoms with van der Waals surface area (Å²) in [6.45, 7) is 3.57. The van der Waals surface area contributed by atoms with Gasteiger partial charge in [-0.05, 0) is 19.8 Å². The van der Waals surface area contributed by atoms with Gasteiger partial charge >= 0.3 is 6.09 Å². The molecule has 1 saturated heterocycles. The van der Waals surface area contributed by atoms with Crippen LogP contribution in [0.2, 0.25) is 0 Å². The molecule has 2 atom stereocenters. The van der Waals surface area contributed by atoms with Gasteiger partial charge in [-0.15, -0.1) is 0 Å². The molecule has 90 valence electrons. The van der Waals surface area contributed by atoms with Crippen LogP contribution in [-0.4, -0.2) is 48.7 Å². The number of likely N-dealkylation sites (tertiary alicyclic amines) is 1. The molecular formula is C10H18N4O2. The predicted molar refractivity (Wildman–Crippen MR) is 60.2 cm³/mol. The Labute approximate surface area is 94.8 Å². The second-order valence-electron chi connectivity index (χ2n) is 4.17. The summed E-state index contributed by atoms with van der Waals surface area (Å²) in [5, 5.41) is 3.21. The van der Waals surface area contributed by atoms with Crippen molar-refractivity contribution in [3.05, 3.63) is 0 Å². The maximum atomic E-state index is 11.6. The molecule has 2 rings (SSSR count). The van der Waals surface area contributed by atoms with Gasteiger partial charge in [0, 0.05) is 13.1 Å². The first-order valence-corrected chi connectivity index (χ1v) is 5.64. The number of hydrogen-bond donors (Lipinski definition) is 2. The van der Waals surface area contributed by atoms with Gasteiger partial charge in [0.15, 0.2) is 0 Å². The van der Waals surface area contributed by atoms with Crippen molar-refractivity contribution in [2.45, 2.75) is 31.5 Å². The molecule has 0 aromatic carbocycles. The first kappa shape index (κ1) is 11.2. The van der Waals surface area contributed by atoms with Gasteiger partial charge in [-0.2, -0.15) is 0 Å². The lowest BCUT2D eigenvalue weighted by atomic mass is 9.90. The van der Waals surface area contributed by atoms with Gasteiger partial charge in [0.05, 0.1) is 18.5 Å². The van der Waals surface area contributed by atoms with Gasteiger partial charge in [-0.25, -0.2) is 4.79 Å². The molecule has 1 fully saturated rings. The monoisotopic (exact) mass is 226 g/mol. The molecule has 0 radical (unpaired) electrons. The zero-order valence-corrected chi connectivity index (χ0v) is 9.48. The summed E-state index contributed by atoms with van der Waals surface area (Å²) in [5.74, 6) is 0. The highest BCUT2D eigenvalue weighted by Crippen LogP contribution is 2.30. The summed E-state index contributed by atoms with van der Waals surface area (Å²) in [5.41, 5.74) is 5.91. The number of hydrogen-bond acceptors (Lipinski definition) is 5. The number of nitrogens with one attached hydrogen (secondary N) is 1. The van der Waals surface area contributed by atoms with Crippen LogP contribution in [0.25, 0.3) is 0 Å². The van der Waals surface area contributed by atoms with E-state index >= 15 is 0 Å². The largest absolute Gasteiger partial charge is 0.450 e. The number of nitrogens with zero attached hydrogens (tertiary/aromatic N) is 2. The molecule has 1 spiro atoms. The van der Waals surface area contributed by atoms with Crippen LogP contribution < -0.4 is 11.1 Å². The van der Waals surface area contributed by atoms with Gasteiger partial charge < -0.3 is 15.8 Å². The molecule has 0 aromatic rings. The molecule has 0 aromatic heterocycles. The molecule has 3 N–H and O–H groups in total. The lowest BCUT2D eigenvalue weighted by Crippen LogP contribution is -2.61. The number of carbonyl (C=O) groups is 1. The Kier molecular flexibility index (Phi) is 3.00. The third-order valence-electron chi connectivity index (χ3n) is 3.33. The van der Waals surface area contributed by atoms with Crippen LogP contribution >= 0.6 is 0 Å². The summed E-state index contributed by atoms with van der Waals surface area (Å²) < 4.78 is 4.98. The zero-order chi connectivity index (χ0) is 11.6. The van der Waals surface area contributed by atoms with Gasteiger partial charge in [0.2, 0.25) is 0 Å². The number of ether oxygens (including phenoxy) is 1. The minimum Gasteiger partial charge on any atom is -0.450 e. The van der Waals surface area contributed by atoms with Crippen LogP contribution in [0.15, 0.2) is 4.99 Å². The van der Waals surface area contributed by atoms with Gasteiger partial charge in [-0.1, -0.05) is 0 Å². The zero-order valence-electron chi connectivity index (χ0n) is 9.48. The van der Waals surface area contributed by atoms with Gasteiger partial charge in [0.25, 0.3) is 0 Å². The normalized spacial score (nSPS) is 32.9. The Morgan fingerprint density at radius 3 is 3.19 bits per heavy atom. The fourth-order valence-electron chi connectivity index (χ4n) is 2.32. The van der Waals surface area contributed by atoms with Crippen LogP contribution in [-0.2, 0) is 4.74 Å². The van der Waals surface area contributed by atoms with Crippen molar-refractivity contribution in [3.8, 4) is 0 Å². The standard InChI is InChI=1S/C10H18N4O2/c1-2-16-9(15)14-6-4-10(8(14)11)3-5-12-7-13-10/h7-8H,2-6,11H2,1H3,(H,12,13). The van der Waals surface area contributed by atoms with E-state index in [9.17, 15) is 4.79 Å². The fraction of sp³-hybridized carbons (Fsp3) is 0.800. The van der Waals surface area contributed by atoms with Crippen molar-refractivity contribution in [1.29, 1.82) is 0 Å². The SMILES string of the molecule is CCOC(=O)N1CCC2(CCN=CN2)C1N. The number of carbonyl (C=O) groups excluding carboxylic acids is 1. The predicted octanol–water partition coefficient (Wildman–Crippen LogP) is -0.106. The maximum absolute atomic E-state index is 11.6. The molecule has 2 aliphatic rings. The smallest absolute Gasteiger partial charge is 0.411 e.